The molecule has 0 aromatic heterocycles. The molecule has 42 heavy (non-hydrogen) atoms. The van der Waals surface area contributed by atoms with Crippen molar-refractivity contribution >= 4 is 11.5 Å². The first kappa shape index (κ1) is 23.3. The molecule has 1 unspecified atom stereocenters. The molecule has 6 aromatic rings. The standard InChI is InChI=1S/C39H26N2O/c1-2-12-25(13-3-1)37-29-16-6-10-20-34(29)40-38(41-37)26-22-23-36-33(24-26)39(32-19-9-11-21-35(32)42-36)30-17-7-4-14-27(30)28-15-5-8-18-31(28)39/h1-24,37H,(H,40,41). The van der Waals surface area contributed by atoms with Gasteiger partial charge in [-0.05, 0) is 58.1 Å². The number of nitrogens with zero attached hydrogens (tertiary/aromatic N) is 1. The fourth-order valence-corrected chi connectivity index (χ4v) is 7.25. The molecule has 2 heterocycles. The highest BCUT2D eigenvalue weighted by molar-refractivity contribution is 6.10. The quantitative estimate of drug-likeness (QED) is 0.238. The summed E-state index contributed by atoms with van der Waals surface area (Å²) < 4.78 is 6.62. The number of para-hydroxylation sites is 2. The number of fused-ring (bicyclic) bond motifs is 10. The van der Waals surface area contributed by atoms with Gasteiger partial charge in [0.25, 0.3) is 0 Å². The van der Waals surface area contributed by atoms with Crippen LogP contribution in [-0.4, -0.2) is 5.84 Å². The van der Waals surface area contributed by atoms with E-state index in [1.165, 1.54) is 33.4 Å². The monoisotopic (exact) mass is 538 g/mol. The maximum atomic E-state index is 6.62. The van der Waals surface area contributed by atoms with E-state index in [2.05, 4.69) is 151 Å². The van der Waals surface area contributed by atoms with Gasteiger partial charge in [0.15, 0.2) is 0 Å². The second-order valence-electron chi connectivity index (χ2n) is 11.2. The zero-order valence-corrected chi connectivity index (χ0v) is 22.8. The second kappa shape index (κ2) is 8.79. The molecule has 3 aliphatic rings. The average Bonchev–Trinajstić information content (AvgIpc) is 3.35. The maximum Gasteiger partial charge on any atom is 0.133 e. The van der Waals surface area contributed by atoms with Crippen LogP contribution < -0.4 is 10.1 Å². The number of anilines is 1. The summed E-state index contributed by atoms with van der Waals surface area (Å²) in [6, 6.07) is 51.6. The Balaban J connectivity index is 1.30. The van der Waals surface area contributed by atoms with Crippen molar-refractivity contribution in [3.05, 3.63) is 185 Å². The van der Waals surface area contributed by atoms with Gasteiger partial charge in [-0.1, -0.05) is 115 Å². The summed E-state index contributed by atoms with van der Waals surface area (Å²) >= 11 is 0. The fraction of sp³-hybridized carbons (Fsp3) is 0.0513. The van der Waals surface area contributed by atoms with Crippen LogP contribution in [0.5, 0.6) is 11.5 Å². The first-order valence-electron chi connectivity index (χ1n) is 14.4. The van der Waals surface area contributed by atoms with Crippen LogP contribution in [0.1, 0.15) is 45.0 Å². The third kappa shape index (κ3) is 3.13. The number of hydrogen-bond donors (Lipinski definition) is 1. The van der Waals surface area contributed by atoms with Crippen molar-refractivity contribution in [3.8, 4) is 22.6 Å². The molecule has 198 valence electrons. The van der Waals surface area contributed by atoms with E-state index in [0.29, 0.717) is 0 Å². The van der Waals surface area contributed by atoms with Crippen molar-refractivity contribution in [2.45, 2.75) is 11.5 Å². The van der Waals surface area contributed by atoms with Gasteiger partial charge in [0.05, 0.1) is 5.41 Å². The van der Waals surface area contributed by atoms with Gasteiger partial charge in [-0.25, -0.2) is 0 Å². The third-order valence-electron chi connectivity index (χ3n) is 9.00. The molecule has 9 rings (SSSR count). The summed E-state index contributed by atoms with van der Waals surface area (Å²) in [5.41, 5.74) is 11.4. The minimum Gasteiger partial charge on any atom is -0.457 e. The molecule has 0 saturated carbocycles. The normalized spacial score (nSPS) is 16.6. The topological polar surface area (TPSA) is 33.6 Å². The van der Waals surface area contributed by atoms with Gasteiger partial charge in [-0.15, -0.1) is 0 Å². The van der Waals surface area contributed by atoms with Crippen molar-refractivity contribution < 1.29 is 4.74 Å². The molecule has 0 fully saturated rings. The van der Waals surface area contributed by atoms with E-state index in [1.54, 1.807) is 0 Å². The fourth-order valence-electron chi connectivity index (χ4n) is 7.25. The molecule has 3 nitrogen and oxygen atoms in total. The molecule has 0 radical (unpaired) electrons. The highest BCUT2D eigenvalue weighted by Gasteiger charge is 2.51. The number of amidine groups is 1. The van der Waals surface area contributed by atoms with Gasteiger partial charge in [0, 0.05) is 27.9 Å². The van der Waals surface area contributed by atoms with Crippen molar-refractivity contribution in [3.63, 3.8) is 0 Å². The number of benzene rings is 6. The van der Waals surface area contributed by atoms with Crippen LogP contribution in [-0.2, 0) is 5.41 Å². The molecule has 1 spiro atoms. The average molecular weight is 539 g/mol. The van der Waals surface area contributed by atoms with Gasteiger partial charge < -0.3 is 10.1 Å². The van der Waals surface area contributed by atoms with E-state index in [0.717, 1.165) is 39.7 Å². The molecular weight excluding hydrogens is 512 g/mol. The Hall–Kier alpha value is -5.41. The number of aliphatic imine (C=N–C) groups is 1. The van der Waals surface area contributed by atoms with Crippen LogP contribution in [0.25, 0.3) is 11.1 Å². The summed E-state index contributed by atoms with van der Waals surface area (Å²) in [5.74, 6) is 2.63. The molecular formula is C39H26N2O. The van der Waals surface area contributed by atoms with Gasteiger partial charge in [0.2, 0.25) is 0 Å². The predicted molar refractivity (Wildman–Crippen MR) is 169 cm³/mol. The molecule has 2 aliphatic heterocycles. The smallest absolute Gasteiger partial charge is 0.133 e. The summed E-state index contributed by atoms with van der Waals surface area (Å²) in [6.45, 7) is 0. The van der Waals surface area contributed by atoms with Crippen molar-refractivity contribution in [2.75, 3.05) is 5.32 Å². The molecule has 0 bridgehead atoms. The van der Waals surface area contributed by atoms with E-state index in [4.69, 9.17) is 9.73 Å². The van der Waals surface area contributed by atoms with Crippen LogP contribution in [0.4, 0.5) is 5.69 Å². The van der Waals surface area contributed by atoms with Crippen LogP contribution in [0.15, 0.2) is 151 Å². The lowest BCUT2D eigenvalue weighted by Crippen LogP contribution is -2.32. The molecule has 6 aromatic carbocycles. The Bertz CT molecular complexity index is 2010. The van der Waals surface area contributed by atoms with Crippen molar-refractivity contribution in [1.29, 1.82) is 0 Å². The summed E-state index contributed by atoms with van der Waals surface area (Å²) in [7, 11) is 0. The Morgan fingerprint density at radius 1 is 0.548 bits per heavy atom. The molecule has 3 heteroatoms. The summed E-state index contributed by atoms with van der Waals surface area (Å²) in [4.78, 5) is 5.33. The lowest BCUT2D eigenvalue weighted by atomic mass is 9.66. The van der Waals surface area contributed by atoms with E-state index in [9.17, 15) is 0 Å². The van der Waals surface area contributed by atoms with Gasteiger partial charge in [-0.2, -0.15) is 0 Å². The highest BCUT2D eigenvalue weighted by atomic mass is 16.5. The van der Waals surface area contributed by atoms with Crippen molar-refractivity contribution in [2.24, 2.45) is 4.99 Å². The van der Waals surface area contributed by atoms with Crippen LogP contribution >= 0.6 is 0 Å². The highest BCUT2D eigenvalue weighted by Crippen LogP contribution is 2.62. The molecule has 1 N–H and O–H groups in total. The van der Waals surface area contributed by atoms with Crippen LogP contribution in [0.2, 0.25) is 0 Å². The van der Waals surface area contributed by atoms with E-state index in [-0.39, 0.29) is 6.04 Å². The Morgan fingerprint density at radius 3 is 1.95 bits per heavy atom. The van der Waals surface area contributed by atoms with E-state index >= 15 is 0 Å². The predicted octanol–water partition coefficient (Wildman–Crippen LogP) is 9.12. The SMILES string of the molecule is c1ccc(C2N=C(c3ccc4c(c3)C3(c5ccccc5O4)c4ccccc4-c4ccccc43)Nc3ccccc32)cc1. The number of nitrogens with one attached hydrogen (secondary N) is 1. The molecule has 0 saturated heterocycles. The van der Waals surface area contributed by atoms with E-state index < -0.39 is 5.41 Å². The minimum absolute atomic E-state index is 0.0893. The third-order valence-corrected chi connectivity index (χ3v) is 9.00. The van der Waals surface area contributed by atoms with Crippen LogP contribution in [0.3, 0.4) is 0 Å². The second-order valence-corrected chi connectivity index (χ2v) is 11.2. The van der Waals surface area contributed by atoms with Crippen LogP contribution in [0, 0.1) is 0 Å². The summed E-state index contributed by atoms with van der Waals surface area (Å²) in [5, 5.41) is 3.67. The largest absolute Gasteiger partial charge is 0.457 e. The first-order chi connectivity index (χ1) is 20.8. The van der Waals surface area contributed by atoms with Gasteiger partial charge >= 0.3 is 0 Å². The Morgan fingerprint density at radius 2 is 1.17 bits per heavy atom. The molecule has 1 atom stereocenters. The zero-order valence-electron chi connectivity index (χ0n) is 22.8. The lowest BCUT2D eigenvalue weighted by molar-refractivity contribution is 0.436. The number of ether oxygens (including phenoxy) is 1. The Labute approximate surface area is 244 Å². The molecule has 1 aliphatic carbocycles. The van der Waals surface area contributed by atoms with Gasteiger partial charge in [-0.3, -0.25) is 4.99 Å². The van der Waals surface area contributed by atoms with Gasteiger partial charge in [0.1, 0.15) is 23.4 Å². The van der Waals surface area contributed by atoms with Crippen molar-refractivity contribution in [1.82, 2.24) is 0 Å². The minimum atomic E-state index is -0.501. The lowest BCUT2D eigenvalue weighted by Gasteiger charge is -2.39. The zero-order chi connectivity index (χ0) is 27.7. The summed E-state index contributed by atoms with van der Waals surface area (Å²) in [6.07, 6.45) is 0. The number of hydrogen-bond acceptors (Lipinski definition) is 3. The maximum absolute atomic E-state index is 6.62. The Kier molecular flexibility index (Phi) is 4.88. The number of rotatable bonds is 2. The molecule has 0 amide bonds. The first-order valence-corrected chi connectivity index (χ1v) is 14.4. The van der Waals surface area contributed by atoms with E-state index in [1.807, 2.05) is 0 Å².